The highest BCUT2D eigenvalue weighted by Gasteiger charge is 2.27. The summed E-state index contributed by atoms with van der Waals surface area (Å²) in [6, 6.07) is 12.9. The van der Waals surface area contributed by atoms with E-state index in [1.54, 1.807) is 35.2 Å². The minimum atomic E-state index is -4.38. The molecule has 4 nitrogen and oxygen atoms in total. The maximum Gasteiger partial charge on any atom is 0.411 e. The van der Waals surface area contributed by atoms with E-state index in [9.17, 15) is 22.4 Å². The van der Waals surface area contributed by atoms with E-state index < -0.39 is 12.8 Å². The number of benzene rings is 2. The van der Waals surface area contributed by atoms with Crippen LogP contribution in [0.15, 0.2) is 48.5 Å². The van der Waals surface area contributed by atoms with Crippen molar-refractivity contribution in [3.8, 4) is 0 Å². The number of carbonyl (C=O) groups excluding carboxylic acids is 1. The second-order valence-corrected chi connectivity index (χ2v) is 7.01. The number of nitrogens with zero attached hydrogens (tertiary/aromatic N) is 2. The van der Waals surface area contributed by atoms with E-state index in [-0.39, 0.29) is 18.3 Å². The summed E-state index contributed by atoms with van der Waals surface area (Å²) in [7, 11) is 0. The average Bonchev–Trinajstić information content (AvgIpc) is 2.67. The molecule has 0 aliphatic carbocycles. The second kappa shape index (κ2) is 9.37. The van der Waals surface area contributed by atoms with Gasteiger partial charge in [-0.3, -0.25) is 9.69 Å². The lowest BCUT2D eigenvalue weighted by atomic mass is 10.1. The summed E-state index contributed by atoms with van der Waals surface area (Å²) in [6.07, 6.45) is -4.38. The molecule has 1 fully saturated rings. The molecule has 1 aliphatic rings. The molecule has 3 rings (SSSR count). The van der Waals surface area contributed by atoms with E-state index in [4.69, 9.17) is 0 Å². The predicted molar refractivity (Wildman–Crippen MR) is 99.7 cm³/mol. The van der Waals surface area contributed by atoms with E-state index in [1.807, 2.05) is 6.07 Å². The van der Waals surface area contributed by atoms with Gasteiger partial charge in [0.1, 0.15) is 12.4 Å². The van der Waals surface area contributed by atoms with Gasteiger partial charge in [-0.25, -0.2) is 4.39 Å². The number of rotatable bonds is 6. The lowest BCUT2D eigenvalue weighted by molar-refractivity contribution is -0.176. The van der Waals surface area contributed by atoms with Gasteiger partial charge in [-0.1, -0.05) is 24.3 Å². The van der Waals surface area contributed by atoms with Crippen molar-refractivity contribution in [2.45, 2.75) is 19.3 Å². The first kappa shape index (κ1) is 21.3. The van der Waals surface area contributed by atoms with Crippen LogP contribution in [0.25, 0.3) is 0 Å². The van der Waals surface area contributed by atoms with Crippen LogP contribution in [0.3, 0.4) is 0 Å². The summed E-state index contributed by atoms with van der Waals surface area (Å²) >= 11 is 0. The van der Waals surface area contributed by atoms with Crippen LogP contribution in [-0.4, -0.2) is 54.7 Å². The fraction of sp³-hybridized carbons (Fsp3) is 0.381. The normalized spacial score (nSPS) is 15.5. The van der Waals surface area contributed by atoms with Crippen molar-refractivity contribution in [1.82, 2.24) is 9.80 Å². The molecular formula is C21H22F4N2O2. The Kier molecular flexibility index (Phi) is 6.87. The monoisotopic (exact) mass is 410 g/mol. The lowest BCUT2D eigenvalue weighted by Crippen LogP contribution is -2.48. The maximum absolute atomic E-state index is 13.3. The molecule has 0 atom stereocenters. The summed E-state index contributed by atoms with van der Waals surface area (Å²) in [5.74, 6) is -0.427. The summed E-state index contributed by atoms with van der Waals surface area (Å²) < 4.78 is 54.5. The van der Waals surface area contributed by atoms with Crippen LogP contribution >= 0.6 is 0 Å². The Morgan fingerprint density at radius 3 is 2.34 bits per heavy atom. The molecule has 29 heavy (non-hydrogen) atoms. The third-order valence-corrected chi connectivity index (χ3v) is 4.66. The van der Waals surface area contributed by atoms with Crippen molar-refractivity contribution >= 4 is 5.91 Å². The molecule has 0 unspecified atom stereocenters. The maximum atomic E-state index is 13.3. The number of alkyl halides is 3. The quantitative estimate of drug-likeness (QED) is 0.678. The minimum absolute atomic E-state index is 0.159. The first-order valence-corrected chi connectivity index (χ1v) is 9.30. The van der Waals surface area contributed by atoms with Crippen LogP contribution in [0.2, 0.25) is 0 Å². The van der Waals surface area contributed by atoms with Crippen LogP contribution in [0, 0.1) is 5.82 Å². The summed E-state index contributed by atoms with van der Waals surface area (Å²) in [5.41, 5.74) is 1.83. The Labute approximate surface area is 166 Å². The molecule has 0 saturated carbocycles. The van der Waals surface area contributed by atoms with Gasteiger partial charge in [-0.2, -0.15) is 13.2 Å². The highest BCUT2D eigenvalue weighted by atomic mass is 19.4. The molecule has 0 aromatic heterocycles. The van der Waals surface area contributed by atoms with Gasteiger partial charge in [0.2, 0.25) is 0 Å². The molecular weight excluding hydrogens is 388 g/mol. The Hall–Kier alpha value is -2.45. The predicted octanol–water partition coefficient (Wildman–Crippen LogP) is 3.86. The number of halogens is 4. The van der Waals surface area contributed by atoms with Crippen molar-refractivity contribution < 1.29 is 27.1 Å². The topological polar surface area (TPSA) is 32.8 Å². The fourth-order valence-electron chi connectivity index (χ4n) is 3.26. The standard InChI is InChI=1S/C21H22F4N2O2/c22-19-6-2-3-16(12-19)13-26-7-9-27(10-8-26)20(28)18-5-1-4-17(11-18)14-29-15-21(23,24)25/h1-6,11-12H,7-10,13-15H2. The van der Waals surface area contributed by atoms with E-state index in [0.29, 0.717) is 43.9 Å². The molecule has 1 heterocycles. The average molecular weight is 410 g/mol. The van der Waals surface area contributed by atoms with E-state index in [0.717, 1.165) is 5.56 Å². The van der Waals surface area contributed by atoms with Crippen LogP contribution in [0.4, 0.5) is 17.6 Å². The van der Waals surface area contributed by atoms with Crippen molar-refractivity contribution in [3.05, 3.63) is 71.0 Å². The Morgan fingerprint density at radius 2 is 1.66 bits per heavy atom. The highest BCUT2D eigenvalue weighted by molar-refractivity contribution is 5.94. The van der Waals surface area contributed by atoms with Crippen molar-refractivity contribution in [3.63, 3.8) is 0 Å². The van der Waals surface area contributed by atoms with Crippen LogP contribution in [-0.2, 0) is 17.9 Å². The SMILES string of the molecule is O=C(c1cccc(COCC(F)(F)F)c1)N1CCN(Cc2cccc(F)c2)CC1. The van der Waals surface area contributed by atoms with Crippen molar-refractivity contribution in [2.24, 2.45) is 0 Å². The third kappa shape index (κ3) is 6.54. The smallest absolute Gasteiger partial charge is 0.367 e. The highest BCUT2D eigenvalue weighted by Crippen LogP contribution is 2.17. The third-order valence-electron chi connectivity index (χ3n) is 4.66. The van der Waals surface area contributed by atoms with Crippen molar-refractivity contribution in [2.75, 3.05) is 32.8 Å². The molecule has 2 aromatic carbocycles. The molecule has 0 bridgehead atoms. The van der Waals surface area contributed by atoms with Gasteiger partial charge < -0.3 is 9.64 Å². The summed E-state index contributed by atoms with van der Waals surface area (Å²) in [6.45, 7) is 1.48. The van der Waals surface area contributed by atoms with Gasteiger partial charge in [0, 0.05) is 38.3 Å². The van der Waals surface area contributed by atoms with Crippen LogP contribution in [0.5, 0.6) is 0 Å². The van der Waals surface area contributed by atoms with Gasteiger partial charge in [0.25, 0.3) is 5.91 Å². The molecule has 1 amide bonds. The fourth-order valence-corrected chi connectivity index (χ4v) is 3.26. The molecule has 1 aliphatic heterocycles. The first-order valence-electron chi connectivity index (χ1n) is 9.30. The van der Waals surface area contributed by atoms with Crippen LogP contribution in [0.1, 0.15) is 21.5 Å². The molecule has 0 N–H and O–H groups in total. The minimum Gasteiger partial charge on any atom is -0.367 e. The summed E-state index contributed by atoms with van der Waals surface area (Å²) in [4.78, 5) is 16.6. The number of carbonyl (C=O) groups is 1. The first-order chi connectivity index (χ1) is 13.8. The zero-order valence-corrected chi connectivity index (χ0v) is 15.8. The second-order valence-electron chi connectivity index (χ2n) is 7.01. The van der Waals surface area contributed by atoms with Gasteiger partial charge in [0.15, 0.2) is 0 Å². The molecule has 156 valence electrons. The number of ether oxygens (including phenoxy) is 1. The molecule has 8 heteroatoms. The van der Waals surface area contributed by atoms with Gasteiger partial charge in [0.05, 0.1) is 6.61 Å². The molecule has 2 aromatic rings. The van der Waals surface area contributed by atoms with Crippen molar-refractivity contribution in [1.29, 1.82) is 0 Å². The molecule has 1 saturated heterocycles. The Bertz CT molecular complexity index is 833. The number of hydrogen-bond acceptors (Lipinski definition) is 3. The lowest BCUT2D eigenvalue weighted by Gasteiger charge is -2.34. The van der Waals surface area contributed by atoms with E-state index >= 15 is 0 Å². The van der Waals surface area contributed by atoms with E-state index in [2.05, 4.69) is 9.64 Å². The largest absolute Gasteiger partial charge is 0.411 e. The van der Waals surface area contributed by atoms with Gasteiger partial charge in [-0.05, 0) is 35.4 Å². The number of piperazine rings is 1. The zero-order valence-electron chi connectivity index (χ0n) is 15.8. The zero-order chi connectivity index (χ0) is 20.9. The number of amides is 1. The van der Waals surface area contributed by atoms with Crippen LogP contribution < -0.4 is 0 Å². The van der Waals surface area contributed by atoms with Gasteiger partial charge in [-0.15, -0.1) is 0 Å². The molecule has 0 spiro atoms. The molecule has 0 radical (unpaired) electrons. The van der Waals surface area contributed by atoms with E-state index in [1.165, 1.54) is 12.1 Å². The number of hydrogen-bond donors (Lipinski definition) is 0. The van der Waals surface area contributed by atoms with Gasteiger partial charge >= 0.3 is 6.18 Å². The summed E-state index contributed by atoms with van der Waals surface area (Å²) in [5, 5.41) is 0. The Balaban J connectivity index is 1.52. The Morgan fingerprint density at radius 1 is 0.966 bits per heavy atom.